The molecule has 5 rings (SSSR count). The smallest absolute Gasteiger partial charge is 0.0224 e. The van der Waals surface area contributed by atoms with E-state index in [4.69, 9.17) is 0 Å². The third kappa shape index (κ3) is 1.24. The summed E-state index contributed by atoms with van der Waals surface area (Å²) in [7, 11) is 0. The van der Waals surface area contributed by atoms with Crippen molar-refractivity contribution in [1.29, 1.82) is 0 Å². The van der Waals surface area contributed by atoms with E-state index < -0.39 is 0 Å². The van der Waals surface area contributed by atoms with Gasteiger partial charge >= 0.3 is 0 Å². The van der Waals surface area contributed by atoms with Crippen LogP contribution in [0.4, 0.5) is 0 Å². The Labute approximate surface area is 104 Å². The van der Waals surface area contributed by atoms with Crippen LogP contribution in [0.15, 0.2) is 0 Å². The molecule has 0 amide bonds. The summed E-state index contributed by atoms with van der Waals surface area (Å²) in [6, 6.07) is 1.98. The molecule has 2 bridgehead atoms. The number of fused-ring (bicyclic) bond motifs is 6. The second kappa shape index (κ2) is 3.27. The zero-order valence-corrected chi connectivity index (χ0v) is 10.7. The Morgan fingerprint density at radius 3 is 2.35 bits per heavy atom. The normalized spacial score (nSPS) is 57.2. The van der Waals surface area contributed by atoms with Crippen LogP contribution in [0.3, 0.4) is 0 Å². The van der Waals surface area contributed by atoms with E-state index in [1.807, 2.05) is 0 Å². The van der Waals surface area contributed by atoms with E-state index in [0.29, 0.717) is 0 Å². The van der Waals surface area contributed by atoms with Gasteiger partial charge in [-0.3, -0.25) is 9.80 Å². The topological polar surface area (TPSA) is 6.48 Å². The van der Waals surface area contributed by atoms with Crippen LogP contribution in [-0.2, 0) is 0 Å². The van der Waals surface area contributed by atoms with Crippen LogP contribution in [0.5, 0.6) is 0 Å². The first kappa shape index (κ1) is 9.80. The Morgan fingerprint density at radius 1 is 0.765 bits per heavy atom. The zero-order valence-electron chi connectivity index (χ0n) is 10.7. The number of piperazine rings is 1. The van der Waals surface area contributed by atoms with Crippen molar-refractivity contribution in [3.05, 3.63) is 0 Å². The van der Waals surface area contributed by atoms with E-state index in [-0.39, 0.29) is 0 Å². The SMILES string of the molecule is C1CC2CN(C3C4C5CCC(C5)C43)CCN2C1. The Morgan fingerprint density at radius 2 is 1.53 bits per heavy atom. The van der Waals surface area contributed by atoms with E-state index in [0.717, 1.165) is 35.8 Å². The molecule has 2 nitrogen and oxygen atoms in total. The van der Waals surface area contributed by atoms with Crippen molar-refractivity contribution in [2.75, 3.05) is 26.2 Å². The molecule has 94 valence electrons. The molecule has 0 aromatic heterocycles. The first-order valence-electron chi connectivity index (χ1n) is 7.90. The first-order valence-corrected chi connectivity index (χ1v) is 7.90. The molecule has 17 heavy (non-hydrogen) atoms. The van der Waals surface area contributed by atoms with Gasteiger partial charge in [-0.2, -0.15) is 0 Å². The molecule has 0 N–H and O–H groups in total. The summed E-state index contributed by atoms with van der Waals surface area (Å²) in [6.45, 7) is 5.56. The fourth-order valence-electron chi connectivity index (χ4n) is 6.05. The average Bonchev–Trinajstić information content (AvgIpc) is 2.76. The Balaban J connectivity index is 1.32. The number of hydrogen-bond donors (Lipinski definition) is 0. The third-order valence-corrected chi connectivity index (χ3v) is 6.74. The summed E-state index contributed by atoms with van der Waals surface area (Å²) >= 11 is 0. The molecular formula is C15H24N2. The van der Waals surface area contributed by atoms with E-state index in [1.54, 1.807) is 19.3 Å². The van der Waals surface area contributed by atoms with Gasteiger partial charge in [0.05, 0.1) is 0 Å². The summed E-state index contributed by atoms with van der Waals surface area (Å²) in [5.74, 6) is 4.61. The number of rotatable bonds is 1. The summed E-state index contributed by atoms with van der Waals surface area (Å²) < 4.78 is 0. The Bertz CT molecular complexity index is 326. The largest absolute Gasteiger partial charge is 0.298 e. The molecule has 0 spiro atoms. The highest BCUT2D eigenvalue weighted by Crippen LogP contribution is 2.67. The first-order chi connectivity index (χ1) is 8.42. The van der Waals surface area contributed by atoms with E-state index >= 15 is 0 Å². The van der Waals surface area contributed by atoms with E-state index in [2.05, 4.69) is 9.80 Å². The predicted octanol–water partition coefficient (Wildman–Crippen LogP) is 1.81. The second-order valence-electron chi connectivity index (χ2n) is 7.31. The van der Waals surface area contributed by atoms with Gasteiger partial charge in [-0.15, -0.1) is 0 Å². The molecule has 2 saturated heterocycles. The van der Waals surface area contributed by atoms with Crippen LogP contribution in [0, 0.1) is 23.7 Å². The molecule has 5 atom stereocenters. The molecule has 3 saturated carbocycles. The highest BCUT2D eigenvalue weighted by atomic mass is 15.3. The zero-order chi connectivity index (χ0) is 11.0. The van der Waals surface area contributed by atoms with Gasteiger partial charge in [0, 0.05) is 31.7 Å². The molecule has 2 heteroatoms. The number of hydrogen-bond acceptors (Lipinski definition) is 2. The average molecular weight is 232 g/mol. The van der Waals surface area contributed by atoms with Gasteiger partial charge < -0.3 is 0 Å². The van der Waals surface area contributed by atoms with Gasteiger partial charge in [0.25, 0.3) is 0 Å². The maximum absolute atomic E-state index is 2.91. The molecule has 3 aliphatic carbocycles. The van der Waals surface area contributed by atoms with Crippen molar-refractivity contribution in [3.8, 4) is 0 Å². The lowest BCUT2D eigenvalue weighted by molar-refractivity contribution is 0.0856. The van der Waals surface area contributed by atoms with Gasteiger partial charge in [-0.1, -0.05) is 0 Å². The van der Waals surface area contributed by atoms with Crippen LogP contribution in [0.1, 0.15) is 32.1 Å². The highest BCUT2D eigenvalue weighted by molar-refractivity contribution is 5.18. The maximum atomic E-state index is 2.91. The molecule has 0 aromatic carbocycles. The third-order valence-electron chi connectivity index (χ3n) is 6.74. The quantitative estimate of drug-likeness (QED) is 0.680. The molecule has 5 unspecified atom stereocenters. The van der Waals surface area contributed by atoms with Crippen molar-refractivity contribution in [2.24, 2.45) is 23.7 Å². The molecule has 0 aromatic rings. The minimum Gasteiger partial charge on any atom is -0.298 e. The van der Waals surface area contributed by atoms with Crippen LogP contribution in [-0.4, -0.2) is 48.1 Å². The van der Waals surface area contributed by atoms with Crippen LogP contribution in [0.2, 0.25) is 0 Å². The summed E-state index contributed by atoms with van der Waals surface area (Å²) in [6.07, 6.45) is 7.69. The Hall–Kier alpha value is -0.0800. The van der Waals surface area contributed by atoms with Crippen LogP contribution >= 0.6 is 0 Å². The molecule has 2 aliphatic heterocycles. The van der Waals surface area contributed by atoms with Crippen LogP contribution < -0.4 is 0 Å². The fraction of sp³-hybridized carbons (Fsp3) is 1.00. The highest BCUT2D eigenvalue weighted by Gasteiger charge is 2.66. The monoisotopic (exact) mass is 232 g/mol. The summed E-state index contributed by atoms with van der Waals surface area (Å²) in [5.41, 5.74) is 0. The van der Waals surface area contributed by atoms with Crippen molar-refractivity contribution >= 4 is 0 Å². The van der Waals surface area contributed by atoms with E-state index in [1.165, 1.54) is 39.0 Å². The van der Waals surface area contributed by atoms with Crippen molar-refractivity contribution < 1.29 is 0 Å². The lowest BCUT2D eigenvalue weighted by Crippen LogP contribution is -2.51. The molecule has 0 radical (unpaired) electrons. The van der Waals surface area contributed by atoms with Crippen molar-refractivity contribution in [2.45, 2.75) is 44.2 Å². The number of nitrogens with zero attached hydrogens (tertiary/aromatic N) is 2. The molecular weight excluding hydrogens is 208 g/mol. The van der Waals surface area contributed by atoms with Gasteiger partial charge in [-0.25, -0.2) is 0 Å². The predicted molar refractivity (Wildman–Crippen MR) is 67.8 cm³/mol. The fourth-order valence-corrected chi connectivity index (χ4v) is 6.05. The minimum atomic E-state index is 0.933. The minimum absolute atomic E-state index is 0.933. The van der Waals surface area contributed by atoms with Crippen LogP contribution in [0.25, 0.3) is 0 Å². The lowest BCUT2D eigenvalue weighted by atomic mass is 10.0. The molecule has 5 fully saturated rings. The maximum Gasteiger partial charge on any atom is 0.0224 e. The summed E-state index contributed by atoms with van der Waals surface area (Å²) in [5, 5.41) is 0. The standard InChI is InChI=1S/C15H24N2/c1-2-12-9-17(7-6-16(12)5-1)15-13-10-3-4-11(8-10)14(13)15/h10-15H,1-9H2. The van der Waals surface area contributed by atoms with Gasteiger partial charge in [0.1, 0.15) is 0 Å². The lowest BCUT2D eigenvalue weighted by Gasteiger charge is -2.38. The van der Waals surface area contributed by atoms with E-state index in [9.17, 15) is 0 Å². The molecule has 5 aliphatic rings. The van der Waals surface area contributed by atoms with Crippen molar-refractivity contribution in [3.63, 3.8) is 0 Å². The van der Waals surface area contributed by atoms with Crippen molar-refractivity contribution in [1.82, 2.24) is 9.80 Å². The summed E-state index contributed by atoms with van der Waals surface area (Å²) in [4.78, 5) is 5.66. The van der Waals surface area contributed by atoms with Gasteiger partial charge in [0.2, 0.25) is 0 Å². The van der Waals surface area contributed by atoms with Gasteiger partial charge in [0.15, 0.2) is 0 Å². The second-order valence-corrected chi connectivity index (χ2v) is 7.31. The Kier molecular flexibility index (Phi) is 1.88. The van der Waals surface area contributed by atoms with Gasteiger partial charge in [-0.05, 0) is 62.3 Å². The molecule has 2 heterocycles.